The number of ether oxygens (including phenoxy) is 4. The molecule has 5 nitrogen and oxygen atoms in total. The molecule has 4 atom stereocenters. The summed E-state index contributed by atoms with van der Waals surface area (Å²) in [5.41, 5.74) is 1.11. The molecule has 5 heteroatoms. The van der Waals surface area contributed by atoms with Crippen LogP contribution in [0.5, 0.6) is 0 Å². The van der Waals surface area contributed by atoms with Gasteiger partial charge in [0.25, 0.3) is 0 Å². The van der Waals surface area contributed by atoms with Crippen LogP contribution in [0.4, 0.5) is 0 Å². The highest BCUT2D eigenvalue weighted by atomic mass is 16.7. The van der Waals surface area contributed by atoms with Gasteiger partial charge in [-0.1, -0.05) is 30.3 Å². The van der Waals surface area contributed by atoms with E-state index in [9.17, 15) is 5.11 Å². The Morgan fingerprint density at radius 3 is 2.77 bits per heavy atom. The summed E-state index contributed by atoms with van der Waals surface area (Å²) in [5, 5.41) is 10.2. The van der Waals surface area contributed by atoms with Crippen LogP contribution in [0.3, 0.4) is 0 Å². The van der Waals surface area contributed by atoms with Crippen molar-refractivity contribution in [1.82, 2.24) is 0 Å². The van der Waals surface area contributed by atoms with Crippen molar-refractivity contribution in [2.45, 2.75) is 57.1 Å². The number of fused-ring (bicyclic) bond motifs is 1. The maximum absolute atomic E-state index is 10.2. The van der Waals surface area contributed by atoms with Gasteiger partial charge in [-0.05, 0) is 19.4 Å². The monoisotopic (exact) mass is 308 g/mol. The van der Waals surface area contributed by atoms with Gasteiger partial charge >= 0.3 is 0 Å². The highest BCUT2D eigenvalue weighted by molar-refractivity contribution is 5.13. The van der Waals surface area contributed by atoms with Crippen molar-refractivity contribution in [3.63, 3.8) is 0 Å². The van der Waals surface area contributed by atoms with Gasteiger partial charge in [0.1, 0.15) is 12.2 Å². The van der Waals surface area contributed by atoms with Crippen molar-refractivity contribution in [2.24, 2.45) is 0 Å². The molecule has 1 N–H and O–H groups in total. The van der Waals surface area contributed by atoms with Gasteiger partial charge in [-0.25, -0.2) is 0 Å². The molecule has 0 unspecified atom stereocenters. The summed E-state index contributed by atoms with van der Waals surface area (Å²) in [4.78, 5) is 0. The third-order valence-electron chi connectivity index (χ3n) is 4.09. The Morgan fingerprint density at radius 1 is 1.23 bits per heavy atom. The lowest BCUT2D eigenvalue weighted by atomic mass is 9.97. The van der Waals surface area contributed by atoms with Crippen molar-refractivity contribution in [3.05, 3.63) is 35.9 Å². The molecular weight excluding hydrogens is 284 g/mol. The molecule has 0 saturated carbocycles. The zero-order chi connectivity index (χ0) is 15.6. The lowest BCUT2D eigenvalue weighted by Gasteiger charge is -2.46. The first-order valence-corrected chi connectivity index (χ1v) is 7.80. The van der Waals surface area contributed by atoms with Crippen LogP contribution in [-0.4, -0.2) is 48.5 Å². The Balaban J connectivity index is 1.49. The zero-order valence-electron chi connectivity index (χ0n) is 13.1. The van der Waals surface area contributed by atoms with E-state index in [-0.39, 0.29) is 18.3 Å². The molecule has 0 aromatic heterocycles. The zero-order valence-corrected chi connectivity index (χ0v) is 13.1. The molecule has 1 aromatic rings. The summed E-state index contributed by atoms with van der Waals surface area (Å²) in [7, 11) is 0. The number of aliphatic hydroxyl groups is 1. The predicted octanol–water partition coefficient (Wildman–Crippen LogP) is 1.87. The third kappa shape index (κ3) is 3.86. The van der Waals surface area contributed by atoms with E-state index in [4.69, 9.17) is 18.9 Å². The van der Waals surface area contributed by atoms with Gasteiger partial charge < -0.3 is 24.1 Å². The Bertz CT molecular complexity index is 475. The van der Waals surface area contributed by atoms with Crippen molar-refractivity contribution in [3.8, 4) is 0 Å². The highest BCUT2D eigenvalue weighted by Gasteiger charge is 2.44. The summed E-state index contributed by atoms with van der Waals surface area (Å²) >= 11 is 0. The molecule has 3 rings (SSSR count). The Kier molecular flexibility index (Phi) is 4.80. The van der Waals surface area contributed by atoms with Gasteiger partial charge in [-0.3, -0.25) is 0 Å². The van der Waals surface area contributed by atoms with Crippen molar-refractivity contribution < 1.29 is 24.1 Å². The van der Waals surface area contributed by atoms with E-state index in [0.29, 0.717) is 26.2 Å². The predicted molar refractivity (Wildman–Crippen MR) is 80.3 cm³/mol. The van der Waals surface area contributed by atoms with Crippen LogP contribution >= 0.6 is 0 Å². The average Bonchev–Trinajstić information content (AvgIpc) is 2.48. The van der Waals surface area contributed by atoms with Gasteiger partial charge in [0, 0.05) is 6.42 Å². The quantitative estimate of drug-likeness (QED) is 0.920. The molecule has 2 fully saturated rings. The van der Waals surface area contributed by atoms with E-state index in [1.807, 2.05) is 44.2 Å². The lowest BCUT2D eigenvalue weighted by Crippen LogP contribution is -2.57. The van der Waals surface area contributed by atoms with Crippen LogP contribution in [0.15, 0.2) is 30.3 Å². The molecule has 122 valence electrons. The van der Waals surface area contributed by atoms with Gasteiger partial charge in [0.15, 0.2) is 5.79 Å². The smallest absolute Gasteiger partial charge is 0.163 e. The van der Waals surface area contributed by atoms with E-state index in [0.717, 1.165) is 5.56 Å². The SMILES string of the molecule is CC1(C)OC[C@H]2O[C@H](COCc3ccccc3)[C@@H](O)C[C@@H]2O1. The van der Waals surface area contributed by atoms with Crippen molar-refractivity contribution in [1.29, 1.82) is 0 Å². The first kappa shape index (κ1) is 15.9. The van der Waals surface area contributed by atoms with E-state index in [1.165, 1.54) is 0 Å². The van der Waals surface area contributed by atoms with Crippen LogP contribution in [0.1, 0.15) is 25.8 Å². The molecule has 2 heterocycles. The molecule has 0 amide bonds. The average molecular weight is 308 g/mol. The van der Waals surface area contributed by atoms with Gasteiger partial charge in [-0.15, -0.1) is 0 Å². The second kappa shape index (κ2) is 6.64. The largest absolute Gasteiger partial charge is 0.390 e. The second-order valence-electron chi connectivity index (χ2n) is 6.38. The van der Waals surface area contributed by atoms with Crippen LogP contribution < -0.4 is 0 Å². The Hall–Kier alpha value is -0.980. The molecule has 0 radical (unpaired) electrons. The minimum atomic E-state index is -0.610. The Labute approximate surface area is 131 Å². The van der Waals surface area contributed by atoms with Crippen LogP contribution in [0.2, 0.25) is 0 Å². The number of hydrogen-bond acceptors (Lipinski definition) is 5. The van der Waals surface area contributed by atoms with Gasteiger partial charge in [0.05, 0.1) is 32.0 Å². The number of benzene rings is 1. The van der Waals surface area contributed by atoms with Crippen LogP contribution in [0.25, 0.3) is 0 Å². The standard InChI is InChI=1S/C17H24O5/c1-17(2)20-11-16-14(22-17)8-13(18)15(21-16)10-19-9-12-6-4-3-5-7-12/h3-7,13-16,18H,8-11H2,1-2H3/t13-,14-,15+,16+/m0/s1. The fraction of sp³-hybridized carbons (Fsp3) is 0.647. The highest BCUT2D eigenvalue weighted by Crippen LogP contribution is 2.32. The molecule has 0 aliphatic carbocycles. The first-order chi connectivity index (χ1) is 10.5. The van der Waals surface area contributed by atoms with Gasteiger partial charge in [-0.2, -0.15) is 0 Å². The number of hydrogen-bond donors (Lipinski definition) is 1. The summed E-state index contributed by atoms with van der Waals surface area (Å²) in [5.74, 6) is -0.610. The minimum Gasteiger partial charge on any atom is -0.390 e. The molecule has 2 aliphatic heterocycles. The molecule has 1 aromatic carbocycles. The number of aliphatic hydroxyl groups excluding tert-OH is 1. The topological polar surface area (TPSA) is 57.2 Å². The van der Waals surface area contributed by atoms with Crippen molar-refractivity contribution in [2.75, 3.05) is 13.2 Å². The van der Waals surface area contributed by atoms with Crippen LogP contribution in [0, 0.1) is 0 Å². The van der Waals surface area contributed by atoms with Crippen LogP contribution in [-0.2, 0) is 25.6 Å². The van der Waals surface area contributed by atoms with E-state index < -0.39 is 11.9 Å². The minimum absolute atomic E-state index is 0.121. The maximum atomic E-state index is 10.2. The maximum Gasteiger partial charge on any atom is 0.163 e. The fourth-order valence-electron chi connectivity index (χ4n) is 2.91. The first-order valence-electron chi connectivity index (χ1n) is 7.80. The summed E-state index contributed by atoms with van der Waals surface area (Å²) in [6, 6.07) is 9.96. The molecular formula is C17H24O5. The molecule has 2 aliphatic rings. The Morgan fingerprint density at radius 2 is 2.00 bits per heavy atom. The fourth-order valence-corrected chi connectivity index (χ4v) is 2.91. The third-order valence-corrected chi connectivity index (χ3v) is 4.09. The van der Waals surface area contributed by atoms with Crippen molar-refractivity contribution >= 4 is 0 Å². The number of rotatable bonds is 4. The molecule has 2 saturated heterocycles. The molecule has 0 spiro atoms. The van der Waals surface area contributed by atoms with E-state index in [1.54, 1.807) is 0 Å². The second-order valence-corrected chi connectivity index (χ2v) is 6.38. The summed E-state index contributed by atoms with van der Waals surface area (Å²) in [6.45, 7) is 5.12. The summed E-state index contributed by atoms with van der Waals surface area (Å²) in [6.07, 6.45) is -0.619. The normalized spacial score (nSPS) is 34.1. The van der Waals surface area contributed by atoms with E-state index >= 15 is 0 Å². The van der Waals surface area contributed by atoms with Gasteiger partial charge in [0.2, 0.25) is 0 Å². The molecule has 0 bridgehead atoms. The summed E-state index contributed by atoms with van der Waals surface area (Å²) < 4.78 is 23.0. The lowest BCUT2D eigenvalue weighted by molar-refractivity contribution is -0.338. The molecule has 22 heavy (non-hydrogen) atoms. The van der Waals surface area contributed by atoms with E-state index in [2.05, 4.69) is 0 Å².